The van der Waals surface area contributed by atoms with Crippen molar-refractivity contribution in [1.29, 1.82) is 0 Å². The van der Waals surface area contributed by atoms with Crippen molar-refractivity contribution < 1.29 is 24.5 Å². The largest absolute Gasteiger partial charge is 0.557 e. The first-order valence-corrected chi connectivity index (χ1v) is 29.4. The Morgan fingerprint density at radius 1 is 0.742 bits per heavy atom. The van der Waals surface area contributed by atoms with Crippen LogP contribution in [0.4, 0.5) is 0 Å². The van der Waals surface area contributed by atoms with Crippen LogP contribution in [0.5, 0.6) is 0 Å². The maximum absolute atomic E-state index is 6.03. The second-order valence-electron chi connectivity index (χ2n) is 19.9. The first-order chi connectivity index (χ1) is 29.0. The van der Waals surface area contributed by atoms with Crippen molar-refractivity contribution in [2.75, 3.05) is 0 Å². The van der Waals surface area contributed by atoms with Crippen LogP contribution in [0.1, 0.15) is 96.4 Å². The first kappa shape index (κ1) is 46.9. The molecule has 8 rings (SSSR count). The van der Waals surface area contributed by atoms with Crippen molar-refractivity contribution in [2.45, 2.75) is 104 Å². The molecule has 0 unspecified atom stereocenters. The van der Waals surface area contributed by atoms with Gasteiger partial charge in [0.25, 0.3) is 0 Å². The molecular weight excluding hydrogens is 995 g/mol. The van der Waals surface area contributed by atoms with Crippen LogP contribution in [0.3, 0.4) is 0 Å². The van der Waals surface area contributed by atoms with Crippen molar-refractivity contribution in [2.24, 2.45) is 11.3 Å². The van der Waals surface area contributed by atoms with Crippen LogP contribution in [0.2, 0.25) is 17.3 Å². The Labute approximate surface area is 387 Å². The summed E-state index contributed by atoms with van der Waals surface area (Å²) in [5.41, 5.74) is 15.2. The van der Waals surface area contributed by atoms with Crippen molar-refractivity contribution in [3.63, 3.8) is 0 Å². The zero-order chi connectivity index (χ0) is 43.6. The summed E-state index contributed by atoms with van der Waals surface area (Å²) in [5, 5.41) is 1.06. The second kappa shape index (κ2) is 19.5. The number of para-hydroxylation sites is 2. The number of hydrogen-bond acceptors (Lipinski definition) is 3. The van der Waals surface area contributed by atoms with Crippen LogP contribution in [-0.2, 0) is 32.9 Å². The second-order valence-corrected chi connectivity index (χ2v) is 30.5. The molecule has 0 atom stereocenters. The average molecular weight is 1060 g/mol. The number of pyridine rings is 1. The van der Waals surface area contributed by atoms with E-state index in [1.54, 1.807) is 4.40 Å². The summed E-state index contributed by atoms with van der Waals surface area (Å²) in [5.74, 6) is 9.48. The topological polar surface area (TPSA) is 43.9 Å². The predicted molar refractivity (Wildman–Crippen MR) is 262 cm³/mol. The van der Waals surface area contributed by atoms with E-state index in [-0.39, 0.29) is 25.5 Å². The van der Waals surface area contributed by atoms with Gasteiger partial charge in [-0.15, -0.1) is 0 Å². The van der Waals surface area contributed by atoms with Crippen LogP contribution >= 0.6 is 0 Å². The summed E-state index contributed by atoms with van der Waals surface area (Å²) >= 11 is -1.86. The summed E-state index contributed by atoms with van der Waals surface area (Å²) < 4.78 is 9.94. The Morgan fingerprint density at radius 2 is 1.40 bits per heavy atom. The van der Waals surface area contributed by atoms with Gasteiger partial charge in [0, 0.05) is 37.6 Å². The molecule has 0 saturated carbocycles. The van der Waals surface area contributed by atoms with Crippen molar-refractivity contribution in [3.8, 4) is 39.5 Å². The number of furan rings is 1. The van der Waals surface area contributed by atoms with E-state index in [1.165, 1.54) is 39.1 Å². The van der Waals surface area contributed by atoms with Crippen LogP contribution in [-0.4, -0.2) is 27.8 Å². The molecular formula is C56H63GeIrN3O-2. The van der Waals surface area contributed by atoms with Crippen molar-refractivity contribution in [1.82, 2.24) is 14.5 Å². The Balaban J connectivity index is 0.000000258. The quantitative estimate of drug-likeness (QED) is 0.101. The molecule has 62 heavy (non-hydrogen) atoms. The monoisotopic (exact) mass is 1060 g/mol. The molecule has 5 aromatic carbocycles. The summed E-state index contributed by atoms with van der Waals surface area (Å²) in [4.78, 5) is 9.94. The van der Waals surface area contributed by atoms with Gasteiger partial charge in [-0.2, -0.15) is 0 Å². The molecule has 8 aromatic rings. The Hall–Kier alpha value is -4.55. The third-order valence-corrected chi connectivity index (χ3v) is 15.6. The van der Waals surface area contributed by atoms with Crippen LogP contribution in [0, 0.1) is 23.7 Å². The smallest absolute Gasteiger partial charge is 0.0774 e. The third kappa shape index (κ3) is 10.6. The molecule has 0 aliphatic heterocycles. The molecule has 0 fully saturated rings. The summed E-state index contributed by atoms with van der Waals surface area (Å²) in [6.07, 6.45) is 7.53. The minimum absolute atomic E-state index is 0. The Morgan fingerprint density at radius 3 is 2.02 bits per heavy atom. The van der Waals surface area contributed by atoms with Gasteiger partial charge in [0.2, 0.25) is 0 Å². The predicted octanol–water partition coefficient (Wildman–Crippen LogP) is 15.0. The molecule has 3 heterocycles. The van der Waals surface area contributed by atoms with Gasteiger partial charge in [-0.1, -0.05) is 126 Å². The number of aromatic nitrogens is 3. The zero-order valence-electron chi connectivity index (χ0n) is 38.8. The number of nitrogens with zero attached hydrogens (tertiary/aromatic N) is 3. The molecule has 6 heteroatoms. The van der Waals surface area contributed by atoms with Crippen LogP contribution in [0.25, 0.3) is 61.5 Å². The Kier molecular flexibility index (Phi) is 14.7. The normalized spacial score (nSPS) is 12.0. The Bertz CT molecular complexity index is 2720. The van der Waals surface area contributed by atoms with Gasteiger partial charge in [0.05, 0.1) is 16.9 Å². The third-order valence-electron chi connectivity index (χ3n) is 11.2. The summed E-state index contributed by atoms with van der Waals surface area (Å²) in [6.45, 7) is 20.5. The molecule has 0 saturated heterocycles. The molecule has 0 aliphatic carbocycles. The molecule has 3 aromatic heterocycles. The fourth-order valence-electron chi connectivity index (χ4n) is 8.43. The number of imidazole rings is 1. The van der Waals surface area contributed by atoms with Gasteiger partial charge in [-0.3, -0.25) is 4.98 Å². The summed E-state index contributed by atoms with van der Waals surface area (Å²) in [7, 11) is 0. The van der Waals surface area contributed by atoms with E-state index < -0.39 is 13.3 Å². The van der Waals surface area contributed by atoms with E-state index in [4.69, 9.17) is 14.4 Å². The molecule has 0 amide bonds. The van der Waals surface area contributed by atoms with Gasteiger partial charge >= 0.3 is 126 Å². The number of fused-ring (bicyclic) bond motifs is 2. The molecule has 4 nitrogen and oxygen atoms in total. The average Bonchev–Trinajstić information content (AvgIpc) is 3.81. The molecule has 0 aliphatic rings. The summed E-state index contributed by atoms with van der Waals surface area (Å²) in [6, 6.07) is 44.1. The van der Waals surface area contributed by atoms with Gasteiger partial charge < -0.3 is 8.98 Å². The molecule has 0 spiro atoms. The zero-order valence-corrected chi connectivity index (χ0v) is 43.3. The van der Waals surface area contributed by atoms with Crippen LogP contribution in [0.15, 0.2) is 126 Å². The molecule has 0 bridgehead atoms. The molecule has 1 radical (unpaired) electrons. The van der Waals surface area contributed by atoms with Gasteiger partial charge in [0.15, 0.2) is 0 Å². The standard InChI is InChI=1S/C38H39N2O.C18H24GeN.Ir/c1-24(2)29-20-28(27-13-9-8-10-14-27)21-30(25(3)4)36(29)40-34-16-12-11-15-33(34)39-37(40)32-23-41-35-18-17-26(19-31(32)35)22-38(5,6)7;1-14(2)11-16-12-18(15-9-7-6-8-10-15)20-13-17(16)19(3,4)5;/h8-21,24-25H,22H2,1-7H3;6-9,12-14H,11H2,1-5H3;/q2*-1;. The number of benzene rings is 5. The fourth-order valence-corrected chi connectivity index (χ4v) is 11.8. The van der Waals surface area contributed by atoms with E-state index in [0.29, 0.717) is 17.8 Å². The maximum atomic E-state index is 6.03. The van der Waals surface area contributed by atoms with Crippen molar-refractivity contribution >= 4 is 39.7 Å². The fraction of sp³-hybridized carbons (Fsp3) is 0.321. The molecule has 323 valence electrons. The first-order valence-electron chi connectivity index (χ1n) is 22.1. The van der Waals surface area contributed by atoms with E-state index in [1.807, 2.05) is 18.2 Å². The van der Waals surface area contributed by atoms with Crippen LogP contribution < -0.4 is 4.40 Å². The minimum atomic E-state index is -1.86. The van der Waals surface area contributed by atoms with Crippen molar-refractivity contribution in [3.05, 3.63) is 156 Å². The van der Waals surface area contributed by atoms with E-state index in [0.717, 1.165) is 57.5 Å². The number of rotatable bonds is 10. The van der Waals surface area contributed by atoms with E-state index in [9.17, 15) is 0 Å². The van der Waals surface area contributed by atoms with E-state index >= 15 is 0 Å². The van der Waals surface area contributed by atoms with Gasteiger partial charge in [-0.25, -0.2) is 0 Å². The number of hydrogen-bond donors (Lipinski definition) is 0. The molecule has 0 N–H and O–H groups in total. The van der Waals surface area contributed by atoms with Gasteiger partial charge in [0.1, 0.15) is 0 Å². The van der Waals surface area contributed by atoms with Gasteiger partial charge in [-0.05, 0) is 70.2 Å². The SMILES string of the molecule is CC(C)Cc1cc(-c2[c-]cccc2)nc[c]1[Ge]([CH3])([CH3])[CH3].CC(C)c1cc(-c2ccccc2)cc(C(C)C)c1-n1c(-c2[c-]oc3ccc(CC(C)(C)C)cc23)nc2ccccc21.[Ir]. The maximum Gasteiger partial charge on any atom is 0.0774 e. The van der Waals surface area contributed by atoms with E-state index in [2.05, 4.69) is 200 Å². The minimum Gasteiger partial charge on any atom is -0.557 e.